The van der Waals surface area contributed by atoms with Gasteiger partial charge in [-0.1, -0.05) is 30.3 Å². The van der Waals surface area contributed by atoms with Crippen molar-refractivity contribution in [3.63, 3.8) is 0 Å². The quantitative estimate of drug-likeness (QED) is 0.888. The Bertz CT molecular complexity index is 648. The maximum absolute atomic E-state index is 13.0. The SMILES string of the molecule is O=C(O)C(Cc1ccccc1)S(=O)Cc1cncc(F)c1. The number of aliphatic carboxylic acids is 1. The van der Waals surface area contributed by atoms with Crippen molar-refractivity contribution in [2.45, 2.75) is 17.4 Å². The van der Waals surface area contributed by atoms with Gasteiger partial charge in [0.1, 0.15) is 11.1 Å². The molecule has 1 heterocycles. The molecule has 2 rings (SSSR count). The standard InChI is InChI=1S/C15H14FNO3S/c16-13-6-12(8-17-9-13)10-21(20)14(15(18)19)7-11-4-2-1-3-5-11/h1-6,8-9,14H,7,10H2,(H,18,19). The normalized spacial score (nSPS) is 13.6. The average Bonchev–Trinajstić information content (AvgIpc) is 2.45. The van der Waals surface area contributed by atoms with Gasteiger partial charge in [-0.2, -0.15) is 0 Å². The summed E-state index contributed by atoms with van der Waals surface area (Å²) in [5, 5.41) is 8.22. The van der Waals surface area contributed by atoms with Crippen LogP contribution in [0.1, 0.15) is 11.1 Å². The second kappa shape index (κ2) is 7.08. The lowest BCUT2D eigenvalue weighted by Crippen LogP contribution is -2.29. The molecular weight excluding hydrogens is 293 g/mol. The number of benzene rings is 1. The largest absolute Gasteiger partial charge is 0.480 e. The van der Waals surface area contributed by atoms with E-state index in [-0.39, 0.29) is 12.2 Å². The fourth-order valence-electron chi connectivity index (χ4n) is 1.92. The molecule has 0 saturated carbocycles. The van der Waals surface area contributed by atoms with E-state index < -0.39 is 27.8 Å². The van der Waals surface area contributed by atoms with Gasteiger partial charge < -0.3 is 5.11 Å². The van der Waals surface area contributed by atoms with Gasteiger partial charge in [0.25, 0.3) is 0 Å². The van der Waals surface area contributed by atoms with E-state index in [0.29, 0.717) is 5.56 Å². The Labute approximate surface area is 124 Å². The van der Waals surface area contributed by atoms with Crippen LogP contribution >= 0.6 is 0 Å². The number of nitrogens with zero attached hydrogens (tertiary/aromatic N) is 1. The molecule has 0 aliphatic heterocycles. The lowest BCUT2D eigenvalue weighted by atomic mass is 10.1. The first-order valence-corrected chi connectivity index (χ1v) is 7.68. The highest BCUT2D eigenvalue weighted by atomic mass is 32.2. The van der Waals surface area contributed by atoms with Gasteiger partial charge in [0.05, 0.1) is 11.9 Å². The van der Waals surface area contributed by atoms with E-state index in [1.54, 1.807) is 24.3 Å². The molecule has 21 heavy (non-hydrogen) atoms. The third-order valence-electron chi connectivity index (χ3n) is 2.93. The zero-order valence-electron chi connectivity index (χ0n) is 11.1. The van der Waals surface area contributed by atoms with Gasteiger partial charge in [-0.15, -0.1) is 0 Å². The first-order chi connectivity index (χ1) is 10.1. The number of hydrogen-bond acceptors (Lipinski definition) is 3. The summed E-state index contributed by atoms with van der Waals surface area (Å²) >= 11 is 0. The number of carboxylic acids is 1. The van der Waals surface area contributed by atoms with Crippen molar-refractivity contribution in [3.8, 4) is 0 Å². The Kier molecular flexibility index (Phi) is 5.16. The molecule has 0 aliphatic carbocycles. The molecule has 1 aromatic carbocycles. The van der Waals surface area contributed by atoms with E-state index in [0.717, 1.165) is 11.8 Å². The van der Waals surface area contributed by atoms with Gasteiger partial charge in [-0.25, -0.2) is 4.39 Å². The number of rotatable bonds is 6. The molecule has 0 saturated heterocycles. The van der Waals surface area contributed by atoms with Crippen LogP contribution in [0.25, 0.3) is 0 Å². The molecule has 0 aliphatic rings. The fourth-order valence-corrected chi connectivity index (χ4v) is 3.21. The van der Waals surface area contributed by atoms with Crippen LogP contribution in [0.4, 0.5) is 4.39 Å². The van der Waals surface area contributed by atoms with Crippen LogP contribution in [0, 0.1) is 5.82 Å². The highest BCUT2D eigenvalue weighted by Gasteiger charge is 2.25. The molecule has 0 spiro atoms. The summed E-state index contributed by atoms with van der Waals surface area (Å²) in [5.41, 5.74) is 1.23. The predicted octanol–water partition coefficient (Wildman–Crippen LogP) is 2.17. The Hall–Kier alpha value is -2.08. The maximum atomic E-state index is 13.0. The Balaban J connectivity index is 2.11. The molecule has 2 atom stereocenters. The first kappa shape index (κ1) is 15.3. The molecule has 110 valence electrons. The number of hydrogen-bond donors (Lipinski definition) is 1. The lowest BCUT2D eigenvalue weighted by molar-refractivity contribution is -0.136. The molecule has 0 amide bonds. The van der Waals surface area contributed by atoms with Gasteiger partial charge in [0.15, 0.2) is 0 Å². The molecule has 2 unspecified atom stereocenters. The van der Waals surface area contributed by atoms with Crippen molar-refractivity contribution in [1.82, 2.24) is 4.98 Å². The zero-order chi connectivity index (χ0) is 15.2. The summed E-state index contributed by atoms with van der Waals surface area (Å²) in [5.74, 6) is -1.69. The minimum Gasteiger partial charge on any atom is -0.480 e. The van der Waals surface area contributed by atoms with E-state index in [1.165, 1.54) is 12.3 Å². The van der Waals surface area contributed by atoms with Crippen molar-refractivity contribution in [3.05, 3.63) is 65.7 Å². The summed E-state index contributed by atoms with van der Waals surface area (Å²) < 4.78 is 25.3. The molecule has 4 nitrogen and oxygen atoms in total. The van der Waals surface area contributed by atoms with E-state index >= 15 is 0 Å². The van der Waals surface area contributed by atoms with Crippen molar-refractivity contribution in [1.29, 1.82) is 0 Å². The second-order valence-electron chi connectivity index (χ2n) is 4.55. The smallest absolute Gasteiger partial charge is 0.319 e. The van der Waals surface area contributed by atoms with Crippen LogP contribution in [-0.2, 0) is 27.8 Å². The molecule has 0 radical (unpaired) electrons. The van der Waals surface area contributed by atoms with Crippen LogP contribution in [0.3, 0.4) is 0 Å². The average molecular weight is 307 g/mol. The highest BCUT2D eigenvalue weighted by molar-refractivity contribution is 7.85. The van der Waals surface area contributed by atoms with Gasteiger partial charge in [0.2, 0.25) is 0 Å². The molecule has 0 fully saturated rings. The number of halogens is 1. The molecule has 1 aromatic heterocycles. The summed E-state index contributed by atoms with van der Waals surface area (Å²) in [6.45, 7) is 0. The van der Waals surface area contributed by atoms with Crippen LogP contribution in [0.2, 0.25) is 0 Å². The monoisotopic (exact) mass is 307 g/mol. The number of carbonyl (C=O) groups is 1. The van der Waals surface area contributed by atoms with E-state index in [9.17, 15) is 18.5 Å². The summed E-state index contributed by atoms with van der Waals surface area (Å²) in [4.78, 5) is 15.0. The zero-order valence-corrected chi connectivity index (χ0v) is 11.9. The number of carboxylic acid groups (broad SMARTS) is 1. The lowest BCUT2D eigenvalue weighted by Gasteiger charge is -2.12. The van der Waals surface area contributed by atoms with Crippen molar-refractivity contribution >= 4 is 16.8 Å². The van der Waals surface area contributed by atoms with Crippen molar-refractivity contribution in [2.24, 2.45) is 0 Å². The van der Waals surface area contributed by atoms with Gasteiger partial charge >= 0.3 is 5.97 Å². The summed E-state index contributed by atoms with van der Waals surface area (Å²) in [6.07, 6.45) is 2.61. The third kappa shape index (κ3) is 4.46. The number of aromatic nitrogens is 1. The molecule has 2 aromatic rings. The third-order valence-corrected chi connectivity index (χ3v) is 4.55. The van der Waals surface area contributed by atoms with Gasteiger partial charge in [0, 0.05) is 17.0 Å². The van der Waals surface area contributed by atoms with E-state index in [2.05, 4.69) is 4.98 Å². The number of pyridine rings is 1. The van der Waals surface area contributed by atoms with Crippen LogP contribution in [0.5, 0.6) is 0 Å². The van der Waals surface area contributed by atoms with Gasteiger partial charge in [-0.05, 0) is 23.6 Å². The second-order valence-corrected chi connectivity index (χ2v) is 6.17. The Morgan fingerprint density at radius 2 is 1.95 bits per heavy atom. The van der Waals surface area contributed by atoms with Crippen molar-refractivity contribution in [2.75, 3.05) is 0 Å². The Morgan fingerprint density at radius 3 is 2.57 bits per heavy atom. The topological polar surface area (TPSA) is 67.3 Å². The van der Waals surface area contributed by atoms with Crippen LogP contribution in [0.15, 0.2) is 48.8 Å². The minimum absolute atomic E-state index is 0.0332. The van der Waals surface area contributed by atoms with Gasteiger partial charge in [-0.3, -0.25) is 14.0 Å². The van der Waals surface area contributed by atoms with E-state index in [4.69, 9.17) is 0 Å². The molecule has 0 bridgehead atoms. The summed E-state index contributed by atoms with van der Waals surface area (Å²) in [7, 11) is -1.65. The first-order valence-electron chi connectivity index (χ1n) is 6.29. The minimum atomic E-state index is -1.65. The molecule has 1 N–H and O–H groups in total. The van der Waals surface area contributed by atoms with Crippen molar-refractivity contribution < 1.29 is 18.5 Å². The van der Waals surface area contributed by atoms with Crippen LogP contribution < -0.4 is 0 Å². The molecule has 6 heteroatoms. The highest BCUT2D eigenvalue weighted by Crippen LogP contribution is 2.13. The fraction of sp³-hybridized carbons (Fsp3) is 0.200. The maximum Gasteiger partial charge on any atom is 0.319 e. The summed E-state index contributed by atoms with van der Waals surface area (Å²) in [6, 6.07) is 10.2. The van der Waals surface area contributed by atoms with Crippen LogP contribution in [-0.4, -0.2) is 25.5 Å². The van der Waals surface area contributed by atoms with E-state index in [1.807, 2.05) is 6.07 Å². The molecular formula is C15H14FNO3S. The Morgan fingerprint density at radius 1 is 1.24 bits per heavy atom. The predicted molar refractivity (Wildman–Crippen MR) is 77.6 cm³/mol.